The van der Waals surface area contributed by atoms with E-state index in [1.165, 1.54) is 0 Å². The van der Waals surface area contributed by atoms with Gasteiger partial charge < -0.3 is 16.2 Å². The van der Waals surface area contributed by atoms with Crippen molar-refractivity contribution in [2.75, 3.05) is 18.4 Å². The molecule has 0 saturated carbocycles. The van der Waals surface area contributed by atoms with E-state index >= 15 is 0 Å². The van der Waals surface area contributed by atoms with Crippen LogP contribution in [0.15, 0.2) is 18.2 Å². The molecule has 4 nitrogen and oxygen atoms in total. The number of nitrogens with two attached hydrogens (primary N) is 1. The molecule has 1 rings (SSSR count). The van der Waals surface area contributed by atoms with Crippen LogP contribution in [-0.2, 0) is 0 Å². The molecule has 0 heterocycles. The maximum atomic E-state index is 10.7. The van der Waals surface area contributed by atoms with Gasteiger partial charge in [0.2, 0.25) is 0 Å². The summed E-state index contributed by atoms with van der Waals surface area (Å²) in [5, 5.41) is 12.0. The van der Waals surface area contributed by atoms with Crippen LogP contribution in [0.3, 0.4) is 0 Å². The largest absolute Gasteiger partial charge is 0.478 e. The molecule has 4 N–H and O–H groups in total. The Labute approximate surface area is 89.1 Å². The number of benzene rings is 1. The van der Waals surface area contributed by atoms with Crippen molar-refractivity contribution < 1.29 is 9.90 Å². The van der Waals surface area contributed by atoms with Crippen molar-refractivity contribution in [3.63, 3.8) is 0 Å². The Kier molecular flexibility index (Phi) is 4.12. The van der Waals surface area contributed by atoms with Crippen LogP contribution in [-0.4, -0.2) is 24.2 Å². The minimum Gasteiger partial charge on any atom is -0.478 e. The number of carbonyl (C=O) groups is 1. The first-order chi connectivity index (χ1) is 7.15. The van der Waals surface area contributed by atoms with E-state index in [1.807, 2.05) is 6.92 Å². The molecule has 0 bridgehead atoms. The number of hydrogen-bond donors (Lipinski definition) is 3. The van der Waals surface area contributed by atoms with Crippen molar-refractivity contribution in [1.82, 2.24) is 0 Å². The lowest BCUT2D eigenvalue weighted by Crippen LogP contribution is -2.09. The lowest BCUT2D eigenvalue weighted by Gasteiger charge is -2.09. The molecule has 1 aromatic carbocycles. The van der Waals surface area contributed by atoms with Crippen molar-refractivity contribution in [3.8, 4) is 0 Å². The number of nitrogens with one attached hydrogen (secondary N) is 1. The molecule has 4 heteroatoms. The summed E-state index contributed by atoms with van der Waals surface area (Å²) in [6.45, 7) is 3.33. The Morgan fingerprint density at radius 1 is 1.53 bits per heavy atom. The predicted octanol–water partition coefficient (Wildman–Crippen LogP) is 1.45. The van der Waals surface area contributed by atoms with Gasteiger partial charge in [-0.05, 0) is 37.6 Å². The number of hydrogen-bond acceptors (Lipinski definition) is 3. The van der Waals surface area contributed by atoms with Crippen LogP contribution in [0.25, 0.3) is 0 Å². The highest BCUT2D eigenvalue weighted by Crippen LogP contribution is 2.16. The number of aryl methyl sites for hydroxylation is 1. The molecule has 0 radical (unpaired) electrons. The summed E-state index contributed by atoms with van der Waals surface area (Å²) in [6.07, 6.45) is 0.872. The summed E-state index contributed by atoms with van der Waals surface area (Å²) in [5.74, 6) is -0.906. The summed E-state index contributed by atoms with van der Waals surface area (Å²) in [6, 6.07) is 5.05. The first kappa shape index (κ1) is 11.5. The van der Waals surface area contributed by atoms with Gasteiger partial charge in [0, 0.05) is 12.2 Å². The predicted molar refractivity (Wildman–Crippen MR) is 60.3 cm³/mol. The molecule has 82 valence electrons. The van der Waals surface area contributed by atoms with Crippen LogP contribution in [0.1, 0.15) is 22.3 Å². The highest BCUT2D eigenvalue weighted by Gasteiger charge is 2.05. The van der Waals surface area contributed by atoms with Gasteiger partial charge in [-0.15, -0.1) is 0 Å². The van der Waals surface area contributed by atoms with Crippen molar-refractivity contribution >= 4 is 11.7 Å². The summed E-state index contributed by atoms with van der Waals surface area (Å²) in [7, 11) is 0. The minimum absolute atomic E-state index is 0.302. The van der Waals surface area contributed by atoms with Crippen LogP contribution in [0, 0.1) is 6.92 Å². The number of carboxylic acid groups (broad SMARTS) is 1. The highest BCUT2D eigenvalue weighted by molar-refractivity contribution is 5.89. The fourth-order valence-corrected chi connectivity index (χ4v) is 1.27. The minimum atomic E-state index is -0.906. The molecule has 0 atom stereocenters. The van der Waals surface area contributed by atoms with E-state index in [-0.39, 0.29) is 0 Å². The zero-order valence-electron chi connectivity index (χ0n) is 8.79. The van der Waals surface area contributed by atoms with E-state index < -0.39 is 5.97 Å². The quantitative estimate of drug-likeness (QED) is 0.640. The third-order valence-electron chi connectivity index (χ3n) is 2.18. The van der Waals surface area contributed by atoms with E-state index in [9.17, 15) is 4.79 Å². The summed E-state index contributed by atoms with van der Waals surface area (Å²) in [5.41, 5.74) is 7.58. The van der Waals surface area contributed by atoms with Gasteiger partial charge >= 0.3 is 5.97 Å². The third-order valence-corrected chi connectivity index (χ3v) is 2.18. The molecule has 0 spiro atoms. The lowest BCUT2D eigenvalue weighted by atomic mass is 10.1. The molecular formula is C11H16N2O2. The zero-order chi connectivity index (χ0) is 11.3. The van der Waals surface area contributed by atoms with Gasteiger partial charge in [0.05, 0.1) is 5.56 Å². The topological polar surface area (TPSA) is 75.3 Å². The Morgan fingerprint density at radius 2 is 2.27 bits per heavy atom. The van der Waals surface area contributed by atoms with Crippen molar-refractivity contribution in [3.05, 3.63) is 29.3 Å². The van der Waals surface area contributed by atoms with Crippen molar-refractivity contribution in [1.29, 1.82) is 0 Å². The second kappa shape index (κ2) is 5.36. The van der Waals surface area contributed by atoms with E-state index in [0.717, 1.165) is 24.2 Å². The van der Waals surface area contributed by atoms with Gasteiger partial charge in [-0.2, -0.15) is 0 Å². The molecule has 0 amide bonds. The Morgan fingerprint density at radius 3 is 2.87 bits per heavy atom. The van der Waals surface area contributed by atoms with Gasteiger partial charge in [0.1, 0.15) is 0 Å². The second-order valence-electron chi connectivity index (χ2n) is 3.40. The van der Waals surface area contributed by atoms with Crippen LogP contribution >= 0.6 is 0 Å². The molecule has 0 unspecified atom stereocenters. The summed E-state index contributed by atoms with van der Waals surface area (Å²) >= 11 is 0. The van der Waals surface area contributed by atoms with Gasteiger partial charge in [-0.3, -0.25) is 0 Å². The van der Waals surface area contributed by atoms with E-state index in [4.69, 9.17) is 10.8 Å². The maximum absolute atomic E-state index is 10.7. The lowest BCUT2D eigenvalue weighted by molar-refractivity contribution is 0.0697. The molecule has 0 saturated heterocycles. The van der Waals surface area contributed by atoms with Gasteiger partial charge in [-0.25, -0.2) is 4.79 Å². The third kappa shape index (κ3) is 3.25. The van der Waals surface area contributed by atoms with E-state index in [2.05, 4.69) is 5.32 Å². The number of carboxylic acids is 1. The van der Waals surface area contributed by atoms with E-state index in [0.29, 0.717) is 12.1 Å². The molecule has 15 heavy (non-hydrogen) atoms. The average Bonchev–Trinajstić information content (AvgIpc) is 2.20. The molecule has 0 aliphatic carbocycles. The molecule has 0 fully saturated rings. The summed E-state index contributed by atoms with van der Waals surface area (Å²) < 4.78 is 0. The first-order valence-electron chi connectivity index (χ1n) is 4.93. The monoisotopic (exact) mass is 208 g/mol. The molecule has 0 aliphatic heterocycles. The average molecular weight is 208 g/mol. The Bertz CT molecular complexity index is 350. The zero-order valence-corrected chi connectivity index (χ0v) is 8.79. The Hall–Kier alpha value is -1.55. The number of anilines is 1. The summed E-state index contributed by atoms with van der Waals surface area (Å²) in [4.78, 5) is 10.7. The maximum Gasteiger partial charge on any atom is 0.335 e. The van der Waals surface area contributed by atoms with Crippen LogP contribution in [0.5, 0.6) is 0 Å². The molecule has 0 aromatic heterocycles. The smallest absolute Gasteiger partial charge is 0.335 e. The second-order valence-corrected chi connectivity index (χ2v) is 3.40. The van der Waals surface area contributed by atoms with Crippen molar-refractivity contribution in [2.45, 2.75) is 13.3 Å². The molecule has 0 aliphatic rings. The molecule has 1 aromatic rings. The van der Waals surface area contributed by atoms with Crippen molar-refractivity contribution in [2.24, 2.45) is 5.73 Å². The molecular weight excluding hydrogens is 192 g/mol. The fourth-order valence-electron chi connectivity index (χ4n) is 1.27. The number of aromatic carboxylic acids is 1. The normalized spacial score (nSPS) is 10.0. The van der Waals surface area contributed by atoms with Crippen LogP contribution in [0.2, 0.25) is 0 Å². The van der Waals surface area contributed by atoms with Gasteiger partial charge in [0.25, 0.3) is 0 Å². The Balaban J connectivity index is 2.76. The van der Waals surface area contributed by atoms with Gasteiger partial charge in [0.15, 0.2) is 0 Å². The number of rotatable bonds is 5. The van der Waals surface area contributed by atoms with Gasteiger partial charge in [-0.1, -0.05) is 6.07 Å². The fraction of sp³-hybridized carbons (Fsp3) is 0.364. The van der Waals surface area contributed by atoms with E-state index in [1.54, 1.807) is 18.2 Å². The van der Waals surface area contributed by atoms with Crippen LogP contribution in [0.4, 0.5) is 5.69 Å². The van der Waals surface area contributed by atoms with Crippen LogP contribution < -0.4 is 11.1 Å². The highest BCUT2D eigenvalue weighted by atomic mass is 16.4. The SMILES string of the molecule is Cc1ccc(C(=O)O)cc1NCCCN. The first-order valence-corrected chi connectivity index (χ1v) is 4.93. The standard InChI is InChI=1S/C11H16N2O2/c1-8-3-4-9(11(14)15)7-10(8)13-6-2-5-12/h3-4,7,13H,2,5-6,12H2,1H3,(H,14,15).